The summed E-state index contributed by atoms with van der Waals surface area (Å²) in [5, 5.41) is 4.70. The minimum Gasteiger partial charge on any atom is -0.465 e. The Labute approximate surface area is 193 Å². The van der Waals surface area contributed by atoms with Gasteiger partial charge in [0.15, 0.2) is 0 Å². The van der Waals surface area contributed by atoms with Crippen LogP contribution in [0.2, 0.25) is 0 Å². The van der Waals surface area contributed by atoms with Crippen LogP contribution in [-0.4, -0.2) is 26.2 Å². The molecular weight excluding hydrogens is 400 g/mol. The monoisotopic (exact) mass is 432 g/mol. The molecule has 1 heterocycles. The topological polar surface area (TPSA) is 63.8 Å². The van der Waals surface area contributed by atoms with Crippen LogP contribution in [0.5, 0.6) is 0 Å². The van der Waals surface area contributed by atoms with Crippen molar-refractivity contribution in [2.45, 2.75) is 27.7 Å². The molecule has 5 nitrogen and oxygen atoms in total. The number of hydrogen-bond acceptors (Lipinski definition) is 5. The number of benzene rings is 3. The van der Waals surface area contributed by atoms with Crippen LogP contribution < -0.4 is 10.7 Å². The number of carbonyl (C=O) groups is 1. The van der Waals surface area contributed by atoms with Gasteiger partial charge in [-0.15, -0.1) is 0 Å². The van der Waals surface area contributed by atoms with Crippen molar-refractivity contribution in [1.82, 2.24) is 0 Å². The number of carbonyl (C=O) groups excluding carboxylic acids is 1. The zero-order chi connectivity index (χ0) is 26.3. The van der Waals surface area contributed by atoms with Crippen LogP contribution in [0, 0.1) is 13.8 Å². The number of methoxy groups -OCH3 is 1. The van der Waals surface area contributed by atoms with Gasteiger partial charge in [-0.2, -0.15) is 0 Å². The van der Waals surface area contributed by atoms with Crippen LogP contribution in [0.15, 0.2) is 57.8 Å². The van der Waals surface area contributed by atoms with E-state index >= 15 is 0 Å². The third kappa shape index (κ3) is 3.75. The first-order valence-corrected chi connectivity index (χ1v) is 10.6. The number of rotatable bonds is 5. The van der Waals surface area contributed by atoms with E-state index in [4.69, 9.17) is 14.6 Å². The second kappa shape index (κ2) is 8.87. The summed E-state index contributed by atoms with van der Waals surface area (Å²) in [6.07, 6.45) is 0. The number of aryl methyl sites for hydroxylation is 2. The molecule has 0 saturated heterocycles. The van der Waals surface area contributed by atoms with Gasteiger partial charge < -0.3 is 14.5 Å². The van der Waals surface area contributed by atoms with Crippen LogP contribution in [0.3, 0.4) is 0 Å². The second-order valence-corrected chi connectivity index (χ2v) is 7.52. The molecule has 0 radical (unpaired) electrons. The van der Waals surface area contributed by atoms with Gasteiger partial charge in [0, 0.05) is 47.4 Å². The predicted molar refractivity (Wildman–Crippen MR) is 129 cm³/mol. The Hall–Kier alpha value is -3.60. The Bertz CT molecular complexity index is 1560. The smallest absolute Gasteiger partial charge is 0.338 e. The summed E-state index contributed by atoms with van der Waals surface area (Å²) in [4.78, 5) is 17.5. The van der Waals surface area contributed by atoms with Gasteiger partial charge in [0.25, 0.3) is 0 Å². The highest BCUT2D eigenvalue weighted by atomic mass is 16.5. The van der Waals surface area contributed by atoms with Crippen molar-refractivity contribution in [3.05, 3.63) is 70.5 Å². The number of anilines is 1. The predicted octanol–water partition coefficient (Wildman–Crippen LogP) is 5.96. The molecule has 4 rings (SSSR count). The largest absolute Gasteiger partial charge is 0.465 e. The molecular formula is C27H28N2O3. The Balaban J connectivity index is 2.31. The number of ether oxygens (including phenoxy) is 1. The lowest BCUT2D eigenvalue weighted by atomic mass is 9.89. The van der Waals surface area contributed by atoms with Gasteiger partial charge in [-0.3, -0.25) is 4.99 Å². The van der Waals surface area contributed by atoms with Crippen molar-refractivity contribution in [1.29, 1.82) is 0 Å². The summed E-state index contributed by atoms with van der Waals surface area (Å²) in [7, 11) is 1.19. The summed E-state index contributed by atoms with van der Waals surface area (Å²) < 4.78 is 45.1. The minimum atomic E-state index is -0.839. The average molecular weight is 433 g/mol. The number of nitrogens with one attached hydrogen (secondary N) is 1. The zero-order valence-electron chi connectivity index (χ0n) is 22.9. The zero-order valence-corrected chi connectivity index (χ0v) is 18.9. The molecule has 0 spiro atoms. The molecule has 2 aromatic rings. The fraction of sp³-hybridized carbons (Fsp3) is 0.259. The molecule has 32 heavy (non-hydrogen) atoms. The van der Waals surface area contributed by atoms with E-state index in [0.29, 0.717) is 40.9 Å². The Morgan fingerprint density at radius 2 is 1.88 bits per heavy atom. The number of fused-ring (bicyclic) bond motifs is 2. The summed E-state index contributed by atoms with van der Waals surface area (Å²) in [6.45, 7) is 9.11. The van der Waals surface area contributed by atoms with E-state index in [2.05, 4.69) is 10.3 Å². The highest BCUT2D eigenvalue weighted by Crippen LogP contribution is 2.42. The summed E-state index contributed by atoms with van der Waals surface area (Å²) in [5.74, 6) is -0.348. The van der Waals surface area contributed by atoms with Crippen molar-refractivity contribution in [2.75, 3.05) is 25.5 Å². The quantitative estimate of drug-likeness (QED) is 0.312. The van der Waals surface area contributed by atoms with Gasteiger partial charge in [-0.05, 0) is 62.6 Å². The van der Waals surface area contributed by atoms with Crippen LogP contribution in [-0.2, 0) is 4.74 Å². The number of esters is 1. The normalized spacial score (nSPS) is 13.6. The maximum absolute atomic E-state index is 12.9. The maximum atomic E-state index is 12.9. The number of nitrogens with zero attached hydrogens (tertiary/aromatic N) is 1. The van der Waals surface area contributed by atoms with Gasteiger partial charge in [-0.25, -0.2) is 4.79 Å². The molecule has 2 aromatic carbocycles. The van der Waals surface area contributed by atoms with E-state index in [1.807, 2.05) is 52.0 Å². The van der Waals surface area contributed by atoms with Crippen LogP contribution in [0.1, 0.15) is 40.8 Å². The molecule has 0 saturated carbocycles. The van der Waals surface area contributed by atoms with Crippen molar-refractivity contribution in [3.8, 4) is 22.5 Å². The fourth-order valence-corrected chi connectivity index (χ4v) is 3.93. The molecule has 1 N–H and O–H groups in total. The first kappa shape index (κ1) is 17.0. The molecule has 1 aliphatic heterocycles. The molecule has 0 unspecified atom stereocenters. The van der Waals surface area contributed by atoms with Crippen molar-refractivity contribution in [3.63, 3.8) is 0 Å². The lowest BCUT2D eigenvalue weighted by molar-refractivity contribution is 0.0601. The summed E-state index contributed by atoms with van der Waals surface area (Å²) in [5.41, 5.74) is 4.15. The molecule has 1 aliphatic carbocycles. The highest BCUT2D eigenvalue weighted by molar-refractivity contribution is 6.08. The van der Waals surface area contributed by atoms with Crippen LogP contribution in [0.4, 0.5) is 5.69 Å². The summed E-state index contributed by atoms with van der Waals surface area (Å²) in [6, 6.07) is 5.80. The van der Waals surface area contributed by atoms with Gasteiger partial charge in [0.05, 0.1) is 23.5 Å². The lowest BCUT2D eigenvalue weighted by Crippen LogP contribution is -2.10. The molecule has 164 valence electrons. The van der Waals surface area contributed by atoms with E-state index in [0.717, 1.165) is 22.2 Å². The standard InChI is InChI=1S/C27H28N2O3/c1-6-28-22-14-24-20(12-16(22)3)26(18-10-8-9-11-19(18)27(30)31-5)21-13-17(4)23(29-7-2)15-25(21)32-24/h8-15,28H,6-7H2,1-5H3/i8D,9D,10D,11D. The van der Waals surface area contributed by atoms with Crippen molar-refractivity contribution >= 4 is 22.6 Å². The van der Waals surface area contributed by atoms with Gasteiger partial charge >= 0.3 is 5.97 Å². The molecule has 0 amide bonds. The van der Waals surface area contributed by atoms with Crippen LogP contribution >= 0.6 is 0 Å². The molecule has 0 bridgehead atoms. The Kier molecular flexibility index (Phi) is 4.72. The average Bonchev–Trinajstić information content (AvgIpc) is 2.85. The Morgan fingerprint density at radius 3 is 2.59 bits per heavy atom. The van der Waals surface area contributed by atoms with Crippen LogP contribution in [0.25, 0.3) is 33.4 Å². The van der Waals surface area contributed by atoms with E-state index < -0.39 is 24.1 Å². The van der Waals surface area contributed by atoms with E-state index in [-0.39, 0.29) is 17.2 Å². The van der Waals surface area contributed by atoms with Gasteiger partial charge in [0.2, 0.25) is 0 Å². The highest BCUT2D eigenvalue weighted by Gasteiger charge is 2.23. The number of hydrogen-bond donors (Lipinski definition) is 1. The van der Waals surface area contributed by atoms with E-state index in [9.17, 15) is 4.79 Å². The third-order valence-corrected chi connectivity index (χ3v) is 5.41. The SMILES string of the molecule is [2H]c1c([2H])c([2H])c(-c2c3cc(C)c(=NCC)cc-3oc3cc(NCC)c(C)cc23)c(C(=O)OC)c1[2H]. The van der Waals surface area contributed by atoms with Crippen molar-refractivity contribution in [2.24, 2.45) is 4.99 Å². The first-order valence-electron chi connectivity index (χ1n) is 12.6. The molecule has 5 heteroatoms. The second-order valence-electron chi connectivity index (χ2n) is 7.52. The fourth-order valence-electron chi connectivity index (χ4n) is 3.93. The van der Waals surface area contributed by atoms with Gasteiger partial charge in [-0.1, -0.05) is 18.1 Å². The van der Waals surface area contributed by atoms with E-state index in [1.54, 1.807) is 0 Å². The Morgan fingerprint density at radius 1 is 1.09 bits per heavy atom. The summed E-state index contributed by atoms with van der Waals surface area (Å²) >= 11 is 0. The lowest BCUT2D eigenvalue weighted by Gasteiger charge is -2.19. The molecule has 2 aliphatic rings. The third-order valence-electron chi connectivity index (χ3n) is 5.41. The maximum Gasteiger partial charge on any atom is 0.338 e. The van der Waals surface area contributed by atoms with Gasteiger partial charge in [0.1, 0.15) is 11.3 Å². The minimum absolute atomic E-state index is 0.0776. The molecule has 0 fully saturated rings. The first-order chi connectivity index (χ1) is 17.1. The molecule has 0 aromatic heterocycles. The molecule has 0 atom stereocenters. The van der Waals surface area contributed by atoms with Crippen molar-refractivity contribution < 1.29 is 19.4 Å². The van der Waals surface area contributed by atoms with E-state index in [1.165, 1.54) is 7.11 Å².